The highest BCUT2D eigenvalue weighted by molar-refractivity contribution is 5.97. The molecule has 5 aromatic rings. The van der Waals surface area contributed by atoms with E-state index < -0.39 is 5.82 Å². The second-order valence-electron chi connectivity index (χ2n) is 8.03. The van der Waals surface area contributed by atoms with Crippen LogP contribution < -0.4 is 0 Å². The summed E-state index contributed by atoms with van der Waals surface area (Å²) >= 11 is 0. The highest BCUT2D eigenvalue weighted by Crippen LogP contribution is 2.23. The SMILES string of the molecule is CN(Cc1cnn(Cc2ccccc2)c1)C(=O)c1cnn(-c2ccccc2F)c1-n1cccc1. The minimum absolute atomic E-state index is 0.220. The molecule has 0 radical (unpaired) electrons. The van der Waals surface area contributed by atoms with Gasteiger partial charge < -0.3 is 9.47 Å². The number of rotatable bonds is 7. The molecule has 0 saturated heterocycles. The minimum Gasteiger partial charge on any atom is -0.337 e. The number of carbonyl (C=O) groups is 1. The van der Waals surface area contributed by atoms with E-state index >= 15 is 0 Å². The molecule has 0 bridgehead atoms. The Morgan fingerprint density at radius 3 is 2.41 bits per heavy atom. The average Bonchev–Trinajstić information content (AvgIpc) is 3.60. The number of amides is 1. The number of hydrogen-bond donors (Lipinski definition) is 0. The molecule has 5 rings (SSSR count). The van der Waals surface area contributed by atoms with Gasteiger partial charge in [-0.2, -0.15) is 10.2 Å². The Morgan fingerprint density at radius 1 is 0.912 bits per heavy atom. The number of halogens is 1. The van der Waals surface area contributed by atoms with Crippen LogP contribution in [-0.2, 0) is 13.1 Å². The normalized spacial score (nSPS) is 11.0. The van der Waals surface area contributed by atoms with Crippen LogP contribution in [0.2, 0.25) is 0 Å². The van der Waals surface area contributed by atoms with Crippen molar-refractivity contribution in [2.24, 2.45) is 0 Å². The van der Waals surface area contributed by atoms with Crippen molar-refractivity contribution in [3.63, 3.8) is 0 Å². The Hall–Kier alpha value is -4.46. The van der Waals surface area contributed by atoms with Gasteiger partial charge >= 0.3 is 0 Å². The van der Waals surface area contributed by atoms with Gasteiger partial charge in [0.05, 0.1) is 18.9 Å². The lowest BCUT2D eigenvalue weighted by Gasteiger charge is -2.17. The molecule has 34 heavy (non-hydrogen) atoms. The van der Waals surface area contributed by atoms with Crippen molar-refractivity contribution in [3.05, 3.63) is 120 Å². The van der Waals surface area contributed by atoms with Gasteiger partial charge in [0.2, 0.25) is 0 Å². The Morgan fingerprint density at radius 2 is 1.65 bits per heavy atom. The zero-order valence-corrected chi connectivity index (χ0v) is 18.6. The summed E-state index contributed by atoms with van der Waals surface area (Å²) in [5.41, 5.74) is 2.71. The van der Waals surface area contributed by atoms with Crippen LogP contribution in [0.15, 0.2) is 97.7 Å². The van der Waals surface area contributed by atoms with Gasteiger partial charge in [0.15, 0.2) is 5.82 Å². The van der Waals surface area contributed by atoms with Crippen molar-refractivity contribution in [3.8, 4) is 11.5 Å². The second-order valence-corrected chi connectivity index (χ2v) is 8.03. The molecule has 0 atom stereocenters. The molecule has 8 heteroatoms. The summed E-state index contributed by atoms with van der Waals surface area (Å²) in [4.78, 5) is 15.0. The maximum atomic E-state index is 14.5. The van der Waals surface area contributed by atoms with Crippen LogP contribution in [0, 0.1) is 5.82 Å². The van der Waals surface area contributed by atoms with E-state index in [0.29, 0.717) is 24.5 Å². The summed E-state index contributed by atoms with van der Waals surface area (Å²) in [7, 11) is 1.73. The number of nitrogens with zero attached hydrogens (tertiary/aromatic N) is 6. The quantitative estimate of drug-likeness (QED) is 0.368. The fourth-order valence-electron chi connectivity index (χ4n) is 3.91. The number of benzene rings is 2. The van der Waals surface area contributed by atoms with E-state index in [9.17, 15) is 9.18 Å². The lowest BCUT2D eigenvalue weighted by atomic mass is 10.2. The zero-order chi connectivity index (χ0) is 23.5. The van der Waals surface area contributed by atoms with Gasteiger partial charge in [-0.15, -0.1) is 0 Å². The molecule has 0 N–H and O–H groups in total. The van der Waals surface area contributed by atoms with Crippen molar-refractivity contribution in [1.82, 2.24) is 29.0 Å². The molecule has 170 valence electrons. The molecule has 0 aliphatic heterocycles. The molecule has 0 spiro atoms. The van der Waals surface area contributed by atoms with E-state index in [4.69, 9.17) is 0 Å². The Labute approximate surface area is 196 Å². The molecular weight excluding hydrogens is 431 g/mol. The fourth-order valence-corrected chi connectivity index (χ4v) is 3.91. The van der Waals surface area contributed by atoms with Crippen LogP contribution in [0.4, 0.5) is 4.39 Å². The van der Waals surface area contributed by atoms with Crippen LogP contribution in [0.1, 0.15) is 21.5 Å². The molecule has 1 amide bonds. The minimum atomic E-state index is -0.419. The van der Waals surface area contributed by atoms with Crippen LogP contribution in [-0.4, -0.2) is 42.0 Å². The molecule has 2 aromatic carbocycles. The predicted molar refractivity (Wildman–Crippen MR) is 126 cm³/mol. The predicted octanol–water partition coefficient (Wildman–Crippen LogP) is 4.32. The molecular formula is C26H23FN6O. The highest BCUT2D eigenvalue weighted by atomic mass is 19.1. The number of aromatic nitrogens is 5. The Balaban J connectivity index is 1.40. The van der Waals surface area contributed by atoms with Crippen LogP contribution in [0.25, 0.3) is 11.5 Å². The van der Waals surface area contributed by atoms with Gasteiger partial charge in [-0.25, -0.2) is 9.07 Å². The second kappa shape index (κ2) is 9.19. The van der Waals surface area contributed by atoms with E-state index in [0.717, 1.165) is 11.1 Å². The maximum Gasteiger partial charge on any atom is 0.259 e. The first-order valence-electron chi connectivity index (χ1n) is 10.9. The van der Waals surface area contributed by atoms with Crippen molar-refractivity contribution < 1.29 is 9.18 Å². The molecule has 3 heterocycles. The smallest absolute Gasteiger partial charge is 0.259 e. The standard InChI is InChI=1S/C26H23FN6O/c1-30(17-21-15-28-32(19-21)18-20-9-3-2-4-10-20)26(34)22-16-29-33(24-12-6-5-11-23(24)27)25(22)31-13-7-8-14-31/h2-16,19H,17-18H2,1H3. The van der Waals surface area contributed by atoms with E-state index in [1.54, 1.807) is 53.3 Å². The topological polar surface area (TPSA) is 60.9 Å². The molecule has 0 aliphatic rings. The summed E-state index contributed by atoms with van der Waals surface area (Å²) in [6, 6.07) is 20.1. The summed E-state index contributed by atoms with van der Waals surface area (Å²) in [5.74, 6) is -0.161. The van der Waals surface area contributed by atoms with Crippen LogP contribution in [0.5, 0.6) is 0 Å². The maximum absolute atomic E-state index is 14.5. The zero-order valence-electron chi connectivity index (χ0n) is 18.6. The van der Waals surface area contributed by atoms with E-state index in [-0.39, 0.29) is 11.6 Å². The summed E-state index contributed by atoms with van der Waals surface area (Å²) in [6.45, 7) is 1.04. The average molecular weight is 455 g/mol. The first kappa shape index (κ1) is 21.4. The number of hydrogen-bond acceptors (Lipinski definition) is 3. The largest absolute Gasteiger partial charge is 0.337 e. The molecule has 0 saturated carbocycles. The monoisotopic (exact) mass is 454 g/mol. The van der Waals surface area contributed by atoms with Gasteiger partial charge in [0, 0.05) is 37.7 Å². The lowest BCUT2D eigenvalue weighted by Crippen LogP contribution is -2.27. The third kappa shape index (κ3) is 4.25. The lowest BCUT2D eigenvalue weighted by molar-refractivity contribution is 0.0785. The Bertz CT molecular complexity index is 1400. The molecule has 7 nitrogen and oxygen atoms in total. The van der Waals surface area contributed by atoms with Gasteiger partial charge in [0.1, 0.15) is 17.1 Å². The van der Waals surface area contributed by atoms with Gasteiger partial charge in [-0.1, -0.05) is 42.5 Å². The van der Waals surface area contributed by atoms with Crippen molar-refractivity contribution >= 4 is 5.91 Å². The van der Waals surface area contributed by atoms with Crippen LogP contribution >= 0.6 is 0 Å². The number of carbonyl (C=O) groups excluding carboxylic acids is 1. The van der Waals surface area contributed by atoms with E-state index in [1.165, 1.54) is 16.9 Å². The van der Waals surface area contributed by atoms with Crippen LogP contribution in [0.3, 0.4) is 0 Å². The molecule has 0 fully saturated rings. The summed E-state index contributed by atoms with van der Waals surface area (Å²) in [6.07, 6.45) is 8.80. The van der Waals surface area contributed by atoms with Crippen molar-refractivity contribution in [2.45, 2.75) is 13.1 Å². The summed E-state index contributed by atoms with van der Waals surface area (Å²) in [5, 5.41) is 8.78. The van der Waals surface area contributed by atoms with Crippen molar-refractivity contribution in [1.29, 1.82) is 0 Å². The van der Waals surface area contributed by atoms with Gasteiger partial charge in [-0.3, -0.25) is 9.48 Å². The molecule has 0 unspecified atom stereocenters. The first-order valence-corrected chi connectivity index (χ1v) is 10.9. The van der Waals surface area contributed by atoms with Gasteiger partial charge in [0.25, 0.3) is 5.91 Å². The molecule has 3 aromatic heterocycles. The van der Waals surface area contributed by atoms with E-state index in [1.807, 2.05) is 53.3 Å². The van der Waals surface area contributed by atoms with E-state index in [2.05, 4.69) is 10.2 Å². The number of para-hydroxylation sites is 1. The first-order chi connectivity index (χ1) is 16.6. The van der Waals surface area contributed by atoms with Crippen molar-refractivity contribution in [2.75, 3.05) is 7.05 Å². The Kier molecular flexibility index (Phi) is 5.78. The van der Waals surface area contributed by atoms with Gasteiger partial charge in [-0.05, 0) is 29.8 Å². The highest BCUT2D eigenvalue weighted by Gasteiger charge is 2.24. The third-order valence-corrected chi connectivity index (χ3v) is 5.54. The summed E-state index contributed by atoms with van der Waals surface area (Å²) < 4.78 is 19.6. The fraction of sp³-hybridized carbons (Fsp3) is 0.115. The third-order valence-electron chi connectivity index (χ3n) is 5.54. The molecule has 0 aliphatic carbocycles.